The molecule has 0 saturated carbocycles. The van der Waals surface area contributed by atoms with Gasteiger partial charge in [0, 0.05) is 11.8 Å². The number of methoxy groups -OCH3 is 1. The summed E-state index contributed by atoms with van der Waals surface area (Å²) in [5, 5.41) is 19.2. The zero-order valence-electron chi connectivity index (χ0n) is 8.68. The second-order valence-corrected chi connectivity index (χ2v) is 2.94. The van der Waals surface area contributed by atoms with E-state index in [0.717, 1.165) is 13.3 Å². The third-order valence-corrected chi connectivity index (χ3v) is 1.97. The minimum Gasteiger partial charge on any atom is -0.490 e. The molecule has 8 heteroatoms. The molecule has 0 fully saturated rings. The maximum atomic E-state index is 12.5. The molecule has 90 valence electrons. The van der Waals surface area contributed by atoms with Gasteiger partial charge in [0.15, 0.2) is 5.69 Å². The fraction of sp³-hybridized carbons (Fsp3) is 0.333. The lowest BCUT2D eigenvalue weighted by Gasteiger charge is -2.08. The summed E-state index contributed by atoms with van der Waals surface area (Å²) < 4.78 is 29.8. The van der Waals surface area contributed by atoms with Crippen LogP contribution in [0.1, 0.15) is 17.7 Å². The van der Waals surface area contributed by atoms with E-state index in [9.17, 15) is 18.9 Å². The SMILES string of the molecule is COc1c(CC#N)cnc(C(F)F)c1[N+](=O)[O-]. The quantitative estimate of drug-likeness (QED) is 0.596. The highest BCUT2D eigenvalue weighted by Gasteiger charge is 2.30. The van der Waals surface area contributed by atoms with Crippen molar-refractivity contribution >= 4 is 5.69 Å². The number of nitriles is 1. The molecular weight excluding hydrogens is 236 g/mol. The lowest BCUT2D eigenvalue weighted by Crippen LogP contribution is -2.05. The number of hydrogen-bond acceptors (Lipinski definition) is 5. The van der Waals surface area contributed by atoms with Gasteiger partial charge < -0.3 is 4.74 Å². The van der Waals surface area contributed by atoms with Crippen LogP contribution in [0.15, 0.2) is 6.20 Å². The van der Waals surface area contributed by atoms with E-state index in [1.807, 2.05) is 0 Å². The van der Waals surface area contributed by atoms with Crippen LogP contribution in [0.2, 0.25) is 0 Å². The molecule has 1 aromatic rings. The largest absolute Gasteiger partial charge is 0.490 e. The lowest BCUT2D eigenvalue weighted by molar-refractivity contribution is -0.387. The van der Waals surface area contributed by atoms with E-state index in [4.69, 9.17) is 10.00 Å². The van der Waals surface area contributed by atoms with Crippen molar-refractivity contribution in [1.82, 2.24) is 4.98 Å². The number of halogens is 2. The number of ether oxygens (including phenoxy) is 1. The molecule has 0 unspecified atom stereocenters. The Balaban J connectivity index is 3.50. The predicted octanol–water partition coefficient (Wildman–Crippen LogP) is 2.00. The molecule has 0 bridgehead atoms. The highest BCUT2D eigenvalue weighted by atomic mass is 19.3. The van der Waals surface area contributed by atoms with Crippen LogP contribution in [0, 0.1) is 21.4 Å². The van der Waals surface area contributed by atoms with E-state index >= 15 is 0 Å². The zero-order chi connectivity index (χ0) is 13.0. The van der Waals surface area contributed by atoms with Crippen LogP contribution in [0.25, 0.3) is 0 Å². The molecule has 0 aliphatic heterocycles. The lowest BCUT2D eigenvalue weighted by atomic mass is 10.1. The van der Waals surface area contributed by atoms with Crippen LogP contribution in [-0.4, -0.2) is 17.0 Å². The second kappa shape index (κ2) is 5.16. The first-order valence-corrected chi connectivity index (χ1v) is 4.38. The van der Waals surface area contributed by atoms with Gasteiger partial charge in [-0.3, -0.25) is 10.1 Å². The van der Waals surface area contributed by atoms with Crippen molar-refractivity contribution < 1.29 is 18.4 Å². The molecule has 0 atom stereocenters. The van der Waals surface area contributed by atoms with E-state index in [2.05, 4.69) is 4.98 Å². The molecule has 0 aliphatic carbocycles. The Morgan fingerprint density at radius 3 is 2.76 bits per heavy atom. The van der Waals surface area contributed by atoms with Crippen molar-refractivity contribution in [3.05, 3.63) is 27.6 Å². The van der Waals surface area contributed by atoms with Crippen LogP contribution in [-0.2, 0) is 6.42 Å². The first-order valence-electron chi connectivity index (χ1n) is 4.38. The average molecular weight is 243 g/mol. The topological polar surface area (TPSA) is 89.0 Å². The van der Waals surface area contributed by atoms with Crippen LogP contribution >= 0.6 is 0 Å². The summed E-state index contributed by atoms with van der Waals surface area (Å²) in [6.45, 7) is 0. The smallest absolute Gasteiger partial charge is 0.338 e. The molecule has 17 heavy (non-hydrogen) atoms. The summed E-state index contributed by atoms with van der Waals surface area (Å²) in [6.07, 6.45) is -2.31. The molecule has 0 radical (unpaired) electrons. The van der Waals surface area contributed by atoms with E-state index in [0.29, 0.717) is 0 Å². The van der Waals surface area contributed by atoms with E-state index in [1.165, 1.54) is 0 Å². The molecular formula is C9H7F2N3O3. The number of rotatable bonds is 4. The van der Waals surface area contributed by atoms with Crippen molar-refractivity contribution in [1.29, 1.82) is 5.26 Å². The van der Waals surface area contributed by atoms with Crippen molar-refractivity contribution in [2.24, 2.45) is 0 Å². The van der Waals surface area contributed by atoms with Gasteiger partial charge in [-0.1, -0.05) is 0 Å². The minimum atomic E-state index is -3.08. The van der Waals surface area contributed by atoms with Crippen LogP contribution in [0.5, 0.6) is 5.75 Å². The van der Waals surface area contributed by atoms with Crippen LogP contribution < -0.4 is 4.74 Å². The molecule has 0 amide bonds. The molecule has 0 aliphatic rings. The Labute approximate surface area is 94.6 Å². The summed E-state index contributed by atoms with van der Waals surface area (Å²) in [4.78, 5) is 13.0. The molecule has 1 rings (SSSR count). The molecule has 1 heterocycles. The Morgan fingerprint density at radius 1 is 1.71 bits per heavy atom. The van der Waals surface area contributed by atoms with Gasteiger partial charge in [-0.05, 0) is 0 Å². The minimum absolute atomic E-state index is 0.103. The first kappa shape index (κ1) is 12.8. The molecule has 6 nitrogen and oxygen atoms in total. The molecule has 0 N–H and O–H groups in total. The molecule has 0 aromatic carbocycles. The fourth-order valence-corrected chi connectivity index (χ4v) is 1.31. The number of aromatic nitrogens is 1. The second-order valence-electron chi connectivity index (χ2n) is 2.94. The third kappa shape index (κ3) is 2.44. The van der Waals surface area contributed by atoms with Gasteiger partial charge >= 0.3 is 5.69 Å². The first-order chi connectivity index (χ1) is 8.02. The van der Waals surface area contributed by atoms with Gasteiger partial charge in [0.1, 0.15) is 0 Å². The highest BCUT2D eigenvalue weighted by Crippen LogP contribution is 2.37. The average Bonchev–Trinajstić information content (AvgIpc) is 2.28. The van der Waals surface area contributed by atoms with E-state index in [1.54, 1.807) is 6.07 Å². The molecule has 0 spiro atoms. The maximum Gasteiger partial charge on any atom is 0.338 e. The Bertz CT molecular complexity index is 485. The van der Waals surface area contributed by atoms with Gasteiger partial charge in [-0.15, -0.1) is 0 Å². The van der Waals surface area contributed by atoms with Crippen LogP contribution in [0.4, 0.5) is 14.5 Å². The summed E-state index contributed by atoms with van der Waals surface area (Å²) in [5.74, 6) is -0.346. The summed E-state index contributed by atoms with van der Waals surface area (Å²) >= 11 is 0. The number of pyridine rings is 1. The van der Waals surface area contributed by atoms with Crippen molar-refractivity contribution in [2.75, 3.05) is 7.11 Å². The number of alkyl halides is 2. The van der Waals surface area contributed by atoms with E-state index in [-0.39, 0.29) is 17.7 Å². The maximum absolute atomic E-state index is 12.5. The molecule has 0 saturated heterocycles. The Hall–Kier alpha value is -2.30. The number of hydrogen-bond donors (Lipinski definition) is 0. The van der Waals surface area contributed by atoms with Gasteiger partial charge in [0.25, 0.3) is 6.43 Å². The summed E-state index contributed by atoms with van der Waals surface area (Å²) in [5.41, 5.74) is -1.75. The Kier molecular flexibility index (Phi) is 3.87. The summed E-state index contributed by atoms with van der Waals surface area (Å²) in [7, 11) is 1.11. The Morgan fingerprint density at radius 2 is 2.35 bits per heavy atom. The van der Waals surface area contributed by atoms with Crippen LogP contribution in [0.3, 0.4) is 0 Å². The van der Waals surface area contributed by atoms with E-state index < -0.39 is 22.7 Å². The highest BCUT2D eigenvalue weighted by molar-refractivity contribution is 5.55. The molecule has 1 aromatic heterocycles. The summed E-state index contributed by atoms with van der Waals surface area (Å²) in [6, 6.07) is 1.74. The van der Waals surface area contributed by atoms with Gasteiger partial charge in [-0.25, -0.2) is 13.8 Å². The normalized spacial score (nSPS) is 10.1. The fourth-order valence-electron chi connectivity index (χ4n) is 1.31. The van der Waals surface area contributed by atoms with Crippen molar-refractivity contribution in [2.45, 2.75) is 12.8 Å². The van der Waals surface area contributed by atoms with Crippen molar-refractivity contribution in [3.8, 4) is 11.8 Å². The standard InChI is InChI=1S/C9H7F2N3O3/c1-17-8-5(2-3-12)4-13-6(9(10)11)7(8)14(15)16/h4,9H,2H2,1H3. The number of nitro groups is 1. The van der Waals surface area contributed by atoms with Gasteiger partial charge in [0.2, 0.25) is 5.75 Å². The van der Waals surface area contributed by atoms with Gasteiger partial charge in [0.05, 0.1) is 24.5 Å². The van der Waals surface area contributed by atoms with Gasteiger partial charge in [-0.2, -0.15) is 5.26 Å². The monoisotopic (exact) mass is 243 g/mol. The predicted molar refractivity (Wildman–Crippen MR) is 51.7 cm³/mol. The third-order valence-electron chi connectivity index (χ3n) is 1.97. The number of nitrogens with zero attached hydrogens (tertiary/aromatic N) is 3. The van der Waals surface area contributed by atoms with Crippen molar-refractivity contribution in [3.63, 3.8) is 0 Å². The zero-order valence-corrected chi connectivity index (χ0v) is 8.68.